The smallest absolute Gasteiger partial charge is 0.0704 e. The number of hydrogen-bond donors (Lipinski definition) is 0. The third-order valence-corrected chi connectivity index (χ3v) is 6.64. The Morgan fingerprint density at radius 3 is 2.48 bits per heavy atom. The zero-order valence-electron chi connectivity index (χ0n) is 15.4. The SMILES string of the molecule is N#CC1CCN(Cc2cn(-c3ccc(Cl)c(Cl)c3)nc2C2CCCC2)CC1. The van der Waals surface area contributed by atoms with Gasteiger partial charge < -0.3 is 0 Å². The van der Waals surface area contributed by atoms with Crippen LogP contribution in [0, 0.1) is 17.2 Å². The molecule has 1 aromatic carbocycles. The van der Waals surface area contributed by atoms with Gasteiger partial charge in [-0.25, -0.2) is 4.68 Å². The quantitative estimate of drug-likeness (QED) is 0.670. The molecule has 1 saturated heterocycles. The maximum atomic E-state index is 9.12. The molecule has 2 heterocycles. The minimum Gasteiger partial charge on any atom is -0.299 e. The zero-order chi connectivity index (χ0) is 18.8. The summed E-state index contributed by atoms with van der Waals surface area (Å²) in [5.74, 6) is 0.773. The molecule has 27 heavy (non-hydrogen) atoms. The van der Waals surface area contributed by atoms with E-state index < -0.39 is 0 Å². The lowest BCUT2D eigenvalue weighted by Gasteiger charge is -2.29. The Kier molecular flexibility index (Phi) is 5.73. The van der Waals surface area contributed by atoms with Crippen LogP contribution in [-0.4, -0.2) is 27.8 Å². The predicted octanol–water partition coefficient (Wildman–Crippen LogP) is 5.57. The topological polar surface area (TPSA) is 44.9 Å². The second kappa shape index (κ2) is 8.22. The van der Waals surface area contributed by atoms with Crippen LogP contribution < -0.4 is 0 Å². The van der Waals surface area contributed by atoms with E-state index >= 15 is 0 Å². The lowest BCUT2D eigenvalue weighted by molar-refractivity contribution is 0.197. The minimum atomic E-state index is 0.217. The number of aromatic nitrogens is 2. The van der Waals surface area contributed by atoms with E-state index in [2.05, 4.69) is 17.2 Å². The van der Waals surface area contributed by atoms with Gasteiger partial charge in [-0.05, 0) is 57.0 Å². The Morgan fingerprint density at radius 2 is 1.81 bits per heavy atom. The fourth-order valence-corrected chi connectivity index (χ4v) is 4.60. The summed E-state index contributed by atoms with van der Waals surface area (Å²) >= 11 is 12.3. The molecular formula is C21H24Cl2N4. The third-order valence-electron chi connectivity index (χ3n) is 5.90. The van der Waals surface area contributed by atoms with Gasteiger partial charge in [0.2, 0.25) is 0 Å². The number of nitrogens with zero attached hydrogens (tertiary/aromatic N) is 4. The van der Waals surface area contributed by atoms with Gasteiger partial charge in [0.15, 0.2) is 0 Å². The summed E-state index contributed by atoms with van der Waals surface area (Å²) in [5, 5.41) is 15.2. The fourth-order valence-electron chi connectivity index (χ4n) is 4.31. The first-order valence-corrected chi connectivity index (χ1v) is 10.6. The van der Waals surface area contributed by atoms with Crippen LogP contribution in [-0.2, 0) is 6.54 Å². The number of rotatable bonds is 4. The van der Waals surface area contributed by atoms with Crippen molar-refractivity contribution in [1.29, 1.82) is 5.26 Å². The van der Waals surface area contributed by atoms with Crippen molar-refractivity contribution in [2.45, 2.75) is 51.0 Å². The molecule has 0 bridgehead atoms. The predicted molar refractivity (Wildman–Crippen MR) is 108 cm³/mol. The second-order valence-electron chi connectivity index (χ2n) is 7.74. The van der Waals surface area contributed by atoms with Crippen molar-refractivity contribution < 1.29 is 0 Å². The Hall–Kier alpha value is -1.54. The van der Waals surface area contributed by atoms with Crippen LogP contribution in [0.2, 0.25) is 10.0 Å². The van der Waals surface area contributed by atoms with E-state index in [1.165, 1.54) is 36.9 Å². The zero-order valence-corrected chi connectivity index (χ0v) is 16.9. The number of nitriles is 1. The second-order valence-corrected chi connectivity index (χ2v) is 8.56. The van der Waals surface area contributed by atoms with E-state index in [-0.39, 0.29) is 5.92 Å². The van der Waals surface area contributed by atoms with Gasteiger partial charge in [0, 0.05) is 30.1 Å². The minimum absolute atomic E-state index is 0.217. The van der Waals surface area contributed by atoms with Crippen molar-refractivity contribution >= 4 is 23.2 Å². The molecule has 2 aliphatic rings. The van der Waals surface area contributed by atoms with Gasteiger partial charge in [-0.2, -0.15) is 10.4 Å². The maximum Gasteiger partial charge on any atom is 0.0704 e. The van der Waals surface area contributed by atoms with Crippen LogP contribution in [0.5, 0.6) is 0 Å². The summed E-state index contributed by atoms with van der Waals surface area (Å²) < 4.78 is 1.95. The lowest BCUT2D eigenvalue weighted by atomic mass is 9.97. The summed E-state index contributed by atoms with van der Waals surface area (Å²) in [4.78, 5) is 2.46. The van der Waals surface area contributed by atoms with Crippen LogP contribution in [0.15, 0.2) is 24.4 Å². The largest absolute Gasteiger partial charge is 0.299 e. The standard InChI is InChI=1S/C21H24Cl2N4/c22-19-6-5-18(11-20(19)23)27-14-17(21(25-27)16-3-1-2-4-16)13-26-9-7-15(12-24)8-10-26/h5-6,11,14-16H,1-4,7-10,13H2. The molecule has 4 rings (SSSR count). The van der Waals surface area contributed by atoms with Crippen molar-refractivity contribution in [3.05, 3.63) is 45.7 Å². The van der Waals surface area contributed by atoms with Gasteiger partial charge in [0.25, 0.3) is 0 Å². The summed E-state index contributed by atoms with van der Waals surface area (Å²) in [6.07, 6.45) is 9.12. The average molecular weight is 403 g/mol. The molecule has 1 aliphatic carbocycles. The van der Waals surface area contributed by atoms with Crippen LogP contribution in [0.4, 0.5) is 0 Å². The molecule has 0 N–H and O–H groups in total. The monoisotopic (exact) mass is 402 g/mol. The van der Waals surface area contributed by atoms with E-state index in [4.69, 9.17) is 33.6 Å². The Labute approximate surface area is 170 Å². The fraction of sp³-hybridized carbons (Fsp3) is 0.524. The highest BCUT2D eigenvalue weighted by Gasteiger charge is 2.26. The van der Waals surface area contributed by atoms with Gasteiger partial charge in [-0.3, -0.25) is 4.90 Å². The number of halogens is 2. The molecule has 4 nitrogen and oxygen atoms in total. The van der Waals surface area contributed by atoms with E-state index in [9.17, 15) is 0 Å². The first-order valence-electron chi connectivity index (χ1n) is 9.80. The van der Waals surface area contributed by atoms with Crippen molar-refractivity contribution in [3.63, 3.8) is 0 Å². The van der Waals surface area contributed by atoms with Gasteiger partial charge in [-0.15, -0.1) is 0 Å². The van der Waals surface area contributed by atoms with Crippen molar-refractivity contribution in [2.75, 3.05) is 13.1 Å². The molecular weight excluding hydrogens is 379 g/mol. The van der Waals surface area contributed by atoms with Crippen molar-refractivity contribution in [3.8, 4) is 11.8 Å². The summed E-state index contributed by atoms with van der Waals surface area (Å²) in [6.45, 7) is 2.88. The van der Waals surface area contributed by atoms with E-state index in [1.54, 1.807) is 0 Å². The maximum absolute atomic E-state index is 9.12. The van der Waals surface area contributed by atoms with Crippen molar-refractivity contribution in [1.82, 2.24) is 14.7 Å². The van der Waals surface area contributed by atoms with Crippen LogP contribution >= 0.6 is 23.2 Å². The highest BCUT2D eigenvalue weighted by molar-refractivity contribution is 6.42. The first kappa shape index (κ1) is 18.8. The Bertz CT molecular complexity index is 840. The average Bonchev–Trinajstić information content (AvgIpc) is 3.34. The molecule has 142 valence electrons. The summed E-state index contributed by atoms with van der Waals surface area (Å²) in [5.41, 5.74) is 3.49. The molecule has 1 aliphatic heterocycles. The molecule has 1 aromatic heterocycles. The number of benzene rings is 1. The molecule has 0 spiro atoms. The first-order chi connectivity index (χ1) is 13.1. The summed E-state index contributed by atoms with van der Waals surface area (Å²) in [6, 6.07) is 8.07. The number of likely N-dealkylation sites (tertiary alicyclic amines) is 1. The Morgan fingerprint density at radius 1 is 1.07 bits per heavy atom. The van der Waals surface area contributed by atoms with E-state index in [0.717, 1.165) is 38.2 Å². The molecule has 0 atom stereocenters. The van der Waals surface area contributed by atoms with Crippen molar-refractivity contribution in [2.24, 2.45) is 5.92 Å². The summed E-state index contributed by atoms with van der Waals surface area (Å²) in [7, 11) is 0. The van der Waals surface area contributed by atoms with Crippen LogP contribution in [0.25, 0.3) is 5.69 Å². The molecule has 0 radical (unpaired) electrons. The third kappa shape index (κ3) is 4.16. The van der Waals surface area contributed by atoms with Crippen LogP contribution in [0.1, 0.15) is 55.7 Å². The van der Waals surface area contributed by atoms with Gasteiger partial charge in [-0.1, -0.05) is 36.0 Å². The van der Waals surface area contributed by atoms with E-state index in [1.807, 2.05) is 22.9 Å². The molecule has 0 unspecified atom stereocenters. The van der Waals surface area contributed by atoms with Gasteiger partial charge in [0.05, 0.1) is 27.5 Å². The van der Waals surface area contributed by atoms with Crippen LogP contribution in [0.3, 0.4) is 0 Å². The molecule has 2 aromatic rings. The molecule has 6 heteroatoms. The Balaban J connectivity index is 1.60. The normalized spacial score (nSPS) is 19.4. The molecule has 0 amide bonds. The highest BCUT2D eigenvalue weighted by Crippen LogP contribution is 2.36. The van der Waals surface area contributed by atoms with Gasteiger partial charge >= 0.3 is 0 Å². The number of piperidine rings is 1. The lowest BCUT2D eigenvalue weighted by Crippen LogP contribution is -2.33. The van der Waals surface area contributed by atoms with E-state index in [0.29, 0.717) is 16.0 Å². The number of hydrogen-bond acceptors (Lipinski definition) is 3. The molecule has 2 fully saturated rings. The molecule has 1 saturated carbocycles. The van der Waals surface area contributed by atoms with Gasteiger partial charge in [0.1, 0.15) is 0 Å². The highest BCUT2D eigenvalue weighted by atomic mass is 35.5.